The Morgan fingerprint density at radius 2 is 2.45 bits per heavy atom. The number of aryl methyl sites for hydroxylation is 1. The lowest BCUT2D eigenvalue weighted by molar-refractivity contribution is 0.759. The molecule has 1 atom stereocenters. The molecule has 1 aliphatic rings. The molecule has 58 valence electrons. The van der Waals surface area contributed by atoms with Crippen molar-refractivity contribution >= 4 is 11.9 Å². The van der Waals surface area contributed by atoms with Gasteiger partial charge in [-0.25, -0.2) is 0 Å². The van der Waals surface area contributed by atoms with Crippen LogP contribution in [-0.2, 0) is 0 Å². The third-order valence-corrected chi connectivity index (χ3v) is 2.89. The van der Waals surface area contributed by atoms with E-state index in [1.807, 2.05) is 13.1 Å². The molecule has 0 spiro atoms. The van der Waals surface area contributed by atoms with Crippen LogP contribution in [-0.4, -0.2) is 4.98 Å². The van der Waals surface area contributed by atoms with Gasteiger partial charge in [0.15, 0.2) is 0 Å². The van der Waals surface area contributed by atoms with Crippen molar-refractivity contribution in [1.29, 1.82) is 0 Å². The van der Waals surface area contributed by atoms with E-state index in [0.29, 0.717) is 6.04 Å². The van der Waals surface area contributed by atoms with Crippen LogP contribution in [0.15, 0.2) is 17.2 Å². The number of hydrogen-bond donors (Lipinski definition) is 1. The summed E-state index contributed by atoms with van der Waals surface area (Å²) in [6.45, 7) is 4.17. The smallest absolute Gasteiger partial charge is 0.0423 e. The predicted octanol–water partition coefficient (Wildman–Crippen LogP) is 2.06. The lowest BCUT2D eigenvalue weighted by atomic mass is 10.1. The van der Waals surface area contributed by atoms with Crippen LogP contribution in [0.1, 0.15) is 24.2 Å². The molecule has 1 aliphatic heterocycles. The van der Waals surface area contributed by atoms with E-state index in [9.17, 15) is 0 Å². The summed E-state index contributed by atoms with van der Waals surface area (Å²) in [5.41, 5.74) is 2.41. The molecule has 0 aliphatic carbocycles. The fraction of sp³-hybridized carbons (Fsp3) is 0.375. The highest BCUT2D eigenvalue weighted by atomic mass is 32.2. The monoisotopic (exact) mass is 166 g/mol. The predicted molar refractivity (Wildman–Crippen MR) is 46.4 cm³/mol. The molecular weight excluding hydrogens is 156 g/mol. The average Bonchev–Trinajstić information content (AvgIpc) is 2.32. The first-order valence-corrected chi connectivity index (χ1v) is 4.48. The minimum Gasteiger partial charge on any atom is -0.261 e. The quantitative estimate of drug-likeness (QED) is 0.597. The lowest BCUT2D eigenvalue weighted by Crippen LogP contribution is -2.01. The van der Waals surface area contributed by atoms with Crippen molar-refractivity contribution in [1.82, 2.24) is 9.71 Å². The summed E-state index contributed by atoms with van der Waals surface area (Å²) >= 11 is 1.70. The van der Waals surface area contributed by atoms with Crippen molar-refractivity contribution in [3.05, 3.63) is 23.5 Å². The summed E-state index contributed by atoms with van der Waals surface area (Å²) in [6.07, 6.45) is 1.96. The van der Waals surface area contributed by atoms with Gasteiger partial charge in [0.05, 0.1) is 0 Å². The topological polar surface area (TPSA) is 24.9 Å². The minimum absolute atomic E-state index is 0.447. The molecular formula is C8H10N2S. The van der Waals surface area contributed by atoms with E-state index in [1.165, 1.54) is 10.5 Å². The van der Waals surface area contributed by atoms with Crippen molar-refractivity contribution in [3.63, 3.8) is 0 Å². The number of fused-ring (bicyclic) bond motifs is 1. The van der Waals surface area contributed by atoms with E-state index in [1.54, 1.807) is 11.9 Å². The number of aromatic nitrogens is 1. The van der Waals surface area contributed by atoms with Gasteiger partial charge in [0.1, 0.15) is 0 Å². The molecule has 0 radical (unpaired) electrons. The first kappa shape index (κ1) is 7.13. The molecule has 2 rings (SSSR count). The summed E-state index contributed by atoms with van der Waals surface area (Å²) in [6, 6.07) is 2.57. The zero-order chi connectivity index (χ0) is 7.84. The van der Waals surface area contributed by atoms with Gasteiger partial charge in [0, 0.05) is 28.4 Å². The zero-order valence-corrected chi connectivity index (χ0v) is 7.40. The molecule has 1 unspecified atom stereocenters. The molecule has 0 bridgehead atoms. The largest absolute Gasteiger partial charge is 0.261 e. The zero-order valence-electron chi connectivity index (χ0n) is 6.59. The molecule has 11 heavy (non-hydrogen) atoms. The van der Waals surface area contributed by atoms with E-state index < -0.39 is 0 Å². The molecule has 2 nitrogen and oxygen atoms in total. The lowest BCUT2D eigenvalue weighted by Gasteiger charge is -2.01. The number of rotatable bonds is 0. The fourth-order valence-electron chi connectivity index (χ4n) is 1.17. The van der Waals surface area contributed by atoms with Gasteiger partial charge in [-0.3, -0.25) is 9.71 Å². The van der Waals surface area contributed by atoms with E-state index in [0.717, 1.165) is 5.69 Å². The molecule has 0 amide bonds. The molecule has 0 saturated heterocycles. The normalized spacial score (nSPS) is 21.8. The van der Waals surface area contributed by atoms with E-state index in [2.05, 4.69) is 22.7 Å². The standard InChI is InChI=1S/C8H10N2S/c1-5-3-8-7(4-9-5)6(2)10-11-8/h3-4,6,10H,1-2H3. The Bertz CT molecular complexity index is 285. The maximum absolute atomic E-state index is 4.25. The minimum atomic E-state index is 0.447. The Balaban J connectivity index is 2.50. The number of pyridine rings is 1. The van der Waals surface area contributed by atoms with Gasteiger partial charge in [-0.1, -0.05) is 0 Å². The third-order valence-electron chi connectivity index (χ3n) is 1.84. The van der Waals surface area contributed by atoms with Crippen LogP contribution in [0.25, 0.3) is 0 Å². The molecule has 1 aromatic heterocycles. The van der Waals surface area contributed by atoms with Crippen LogP contribution in [0.2, 0.25) is 0 Å². The Labute approximate surface area is 70.5 Å². The van der Waals surface area contributed by atoms with Gasteiger partial charge in [0.2, 0.25) is 0 Å². The Morgan fingerprint density at radius 3 is 3.27 bits per heavy atom. The van der Waals surface area contributed by atoms with Crippen LogP contribution in [0.4, 0.5) is 0 Å². The summed E-state index contributed by atoms with van der Waals surface area (Å²) in [5, 5.41) is 0. The van der Waals surface area contributed by atoms with Crippen LogP contribution in [0.5, 0.6) is 0 Å². The Morgan fingerprint density at radius 1 is 1.64 bits per heavy atom. The number of hydrogen-bond acceptors (Lipinski definition) is 3. The first-order chi connectivity index (χ1) is 5.27. The van der Waals surface area contributed by atoms with Crippen molar-refractivity contribution in [2.75, 3.05) is 0 Å². The van der Waals surface area contributed by atoms with Gasteiger partial charge >= 0.3 is 0 Å². The van der Waals surface area contributed by atoms with Gasteiger partial charge in [-0.05, 0) is 31.9 Å². The first-order valence-electron chi connectivity index (χ1n) is 3.66. The van der Waals surface area contributed by atoms with Gasteiger partial charge in [-0.2, -0.15) is 0 Å². The van der Waals surface area contributed by atoms with E-state index >= 15 is 0 Å². The van der Waals surface area contributed by atoms with Crippen LogP contribution >= 0.6 is 11.9 Å². The van der Waals surface area contributed by atoms with Crippen molar-refractivity contribution in [2.45, 2.75) is 24.8 Å². The maximum atomic E-state index is 4.25. The molecule has 2 heterocycles. The molecule has 0 fully saturated rings. The number of nitrogens with one attached hydrogen (secondary N) is 1. The van der Waals surface area contributed by atoms with E-state index in [-0.39, 0.29) is 0 Å². The van der Waals surface area contributed by atoms with Crippen LogP contribution in [0.3, 0.4) is 0 Å². The molecule has 0 saturated carbocycles. The molecule has 1 N–H and O–H groups in total. The van der Waals surface area contributed by atoms with Crippen LogP contribution < -0.4 is 4.72 Å². The highest BCUT2D eigenvalue weighted by Gasteiger charge is 2.18. The molecule has 0 aromatic carbocycles. The van der Waals surface area contributed by atoms with E-state index in [4.69, 9.17) is 0 Å². The summed E-state index contributed by atoms with van der Waals surface area (Å²) in [7, 11) is 0. The van der Waals surface area contributed by atoms with Gasteiger partial charge < -0.3 is 0 Å². The van der Waals surface area contributed by atoms with Crippen LogP contribution in [0, 0.1) is 6.92 Å². The summed E-state index contributed by atoms with van der Waals surface area (Å²) < 4.78 is 3.29. The highest BCUT2D eigenvalue weighted by molar-refractivity contribution is 7.97. The maximum Gasteiger partial charge on any atom is 0.0423 e. The SMILES string of the molecule is Cc1cc2c(cn1)C(C)NS2. The summed E-state index contributed by atoms with van der Waals surface area (Å²) in [5.74, 6) is 0. The fourth-order valence-corrected chi connectivity index (χ4v) is 2.18. The van der Waals surface area contributed by atoms with Crippen molar-refractivity contribution in [2.24, 2.45) is 0 Å². The number of nitrogens with zero attached hydrogens (tertiary/aromatic N) is 1. The van der Waals surface area contributed by atoms with Crippen molar-refractivity contribution < 1.29 is 0 Å². The average molecular weight is 166 g/mol. The summed E-state index contributed by atoms with van der Waals surface area (Å²) in [4.78, 5) is 5.57. The second kappa shape index (κ2) is 2.50. The molecule has 3 heteroatoms. The Hall–Kier alpha value is -0.540. The third kappa shape index (κ3) is 1.14. The second-order valence-electron chi connectivity index (χ2n) is 2.81. The Kier molecular flexibility index (Phi) is 1.62. The highest BCUT2D eigenvalue weighted by Crippen LogP contribution is 2.33. The molecule has 1 aromatic rings. The van der Waals surface area contributed by atoms with Gasteiger partial charge in [0.25, 0.3) is 0 Å². The second-order valence-corrected chi connectivity index (χ2v) is 3.68. The van der Waals surface area contributed by atoms with Crippen molar-refractivity contribution in [3.8, 4) is 0 Å². The van der Waals surface area contributed by atoms with Gasteiger partial charge in [-0.15, -0.1) is 0 Å².